The summed E-state index contributed by atoms with van der Waals surface area (Å²) in [4.78, 5) is 8.05. The van der Waals surface area contributed by atoms with Crippen LogP contribution in [0.4, 0.5) is 34.1 Å². The van der Waals surface area contributed by atoms with Gasteiger partial charge in [-0.05, 0) is 155 Å². The Kier molecular flexibility index (Phi) is 8.29. The molecule has 0 bridgehead atoms. The molecule has 0 radical (unpaired) electrons. The number of hydrogen-bond acceptors (Lipinski definition) is 3. The number of aryl methyl sites for hydroxylation is 8. The van der Waals surface area contributed by atoms with Gasteiger partial charge in [-0.2, -0.15) is 0 Å². The van der Waals surface area contributed by atoms with E-state index in [4.69, 9.17) is 0 Å². The molecule has 0 N–H and O–H groups in total. The lowest BCUT2D eigenvalue weighted by atomic mass is 9.73. The maximum absolute atomic E-state index is 2.69. The predicted molar refractivity (Wildman–Crippen MR) is 221 cm³/mol. The standard InChI is InChI=1S/C49H51N3/c1-31-10-18-40(19-11-31)39(9)45-30-49(50(41-20-12-32(2)13-21-41)46-27-36(6)35(5)26-44(45)46)51(42-22-14-33(3)15-23-42)47-28-37(7)38(8)29-48(47)52(49)43-24-16-34(4)17-25-43/h10-29,39,45H,30H2,1-9H3. The second-order valence-electron chi connectivity index (χ2n) is 15.7. The van der Waals surface area contributed by atoms with Gasteiger partial charge in [0.15, 0.2) is 0 Å². The SMILES string of the molecule is Cc1ccc(C(C)C2CC3(N(c4ccc(C)cc4)c4cc(C)c(C)cc42)N(c2ccc(C)cc2)c2cc(C)c(C)cc2N3c2ccc(C)cc2)cc1. The minimum atomic E-state index is -0.680. The Balaban J connectivity index is 1.53. The molecule has 2 aliphatic rings. The van der Waals surface area contributed by atoms with Crippen LogP contribution in [-0.2, 0) is 0 Å². The molecule has 0 aliphatic carbocycles. The molecule has 2 unspecified atom stereocenters. The Labute approximate surface area is 311 Å². The smallest absolute Gasteiger partial charge is 0.206 e. The summed E-state index contributed by atoms with van der Waals surface area (Å²) in [5, 5.41) is 0. The van der Waals surface area contributed by atoms with Crippen molar-refractivity contribution in [3.63, 3.8) is 0 Å². The van der Waals surface area contributed by atoms with E-state index < -0.39 is 5.79 Å². The third-order valence-corrected chi connectivity index (χ3v) is 12.0. The molecule has 3 heteroatoms. The van der Waals surface area contributed by atoms with E-state index in [0.29, 0.717) is 0 Å². The summed E-state index contributed by atoms with van der Waals surface area (Å²) in [7, 11) is 0. The predicted octanol–water partition coefficient (Wildman–Crippen LogP) is 13.2. The third-order valence-electron chi connectivity index (χ3n) is 12.0. The maximum Gasteiger partial charge on any atom is 0.206 e. The fourth-order valence-corrected chi connectivity index (χ4v) is 8.68. The van der Waals surface area contributed by atoms with Gasteiger partial charge >= 0.3 is 0 Å². The van der Waals surface area contributed by atoms with Crippen LogP contribution < -0.4 is 14.7 Å². The van der Waals surface area contributed by atoms with Gasteiger partial charge in [0.05, 0.1) is 11.4 Å². The molecule has 0 saturated heterocycles. The highest BCUT2D eigenvalue weighted by molar-refractivity contribution is 5.95. The van der Waals surface area contributed by atoms with Gasteiger partial charge in [0.2, 0.25) is 5.79 Å². The van der Waals surface area contributed by atoms with E-state index in [0.717, 1.165) is 6.42 Å². The van der Waals surface area contributed by atoms with E-state index in [1.54, 1.807) is 0 Å². The Morgan fingerprint density at radius 3 is 1.17 bits per heavy atom. The van der Waals surface area contributed by atoms with Gasteiger partial charge in [0, 0.05) is 29.2 Å². The normalized spacial score (nSPS) is 16.6. The van der Waals surface area contributed by atoms with Crippen LogP contribution in [0.5, 0.6) is 0 Å². The molecule has 0 fully saturated rings. The summed E-state index contributed by atoms with van der Waals surface area (Å²) < 4.78 is 0. The van der Waals surface area contributed by atoms with Gasteiger partial charge in [-0.25, -0.2) is 0 Å². The number of anilines is 6. The van der Waals surface area contributed by atoms with E-state index >= 15 is 0 Å². The van der Waals surface area contributed by atoms with E-state index in [1.807, 2.05) is 0 Å². The van der Waals surface area contributed by atoms with Crippen LogP contribution in [0.25, 0.3) is 0 Å². The van der Waals surface area contributed by atoms with Gasteiger partial charge in [0.25, 0.3) is 0 Å². The van der Waals surface area contributed by atoms with Crippen LogP contribution >= 0.6 is 0 Å². The Hall–Kier alpha value is -5.28. The lowest BCUT2D eigenvalue weighted by Gasteiger charge is -2.58. The molecule has 0 amide bonds. The number of benzene rings is 6. The van der Waals surface area contributed by atoms with Crippen molar-refractivity contribution < 1.29 is 0 Å². The average molecular weight is 682 g/mol. The van der Waals surface area contributed by atoms with E-state index in [9.17, 15) is 0 Å². The van der Waals surface area contributed by atoms with Crippen LogP contribution in [0.3, 0.4) is 0 Å². The summed E-state index contributed by atoms with van der Waals surface area (Å²) in [6.07, 6.45) is 0.861. The van der Waals surface area contributed by atoms with Crippen LogP contribution in [0, 0.1) is 55.4 Å². The molecule has 2 aliphatic heterocycles. The summed E-state index contributed by atoms with van der Waals surface area (Å²) >= 11 is 0. The number of fused-ring (bicyclic) bond motifs is 2. The number of rotatable bonds is 5. The minimum absolute atomic E-state index is 0.219. The molecule has 3 nitrogen and oxygen atoms in total. The molecular formula is C49H51N3. The maximum atomic E-state index is 2.69. The van der Waals surface area contributed by atoms with Gasteiger partial charge < -0.3 is 0 Å². The van der Waals surface area contributed by atoms with Gasteiger partial charge in [-0.3, -0.25) is 14.7 Å². The van der Waals surface area contributed by atoms with Crippen molar-refractivity contribution >= 4 is 34.1 Å². The largest absolute Gasteiger partial charge is 0.300 e. The van der Waals surface area contributed by atoms with Crippen molar-refractivity contribution in [1.82, 2.24) is 0 Å². The molecule has 2 heterocycles. The second kappa shape index (κ2) is 12.7. The van der Waals surface area contributed by atoms with Crippen molar-refractivity contribution in [2.75, 3.05) is 14.7 Å². The Morgan fingerprint density at radius 1 is 0.442 bits per heavy atom. The zero-order chi connectivity index (χ0) is 36.5. The molecular weight excluding hydrogens is 631 g/mol. The zero-order valence-electron chi connectivity index (χ0n) is 32.3. The van der Waals surface area contributed by atoms with Crippen molar-refractivity contribution in [3.05, 3.63) is 177 Å². The van der Waals surface area contributed by atoms with Gasteiger partial charge in [0.1, 0.15) is 0 Å². The fourth-order valence-electron chi connectivity index (χ4n) is 8.68. The van der Waals surface area contributed by atoms with Crippen LogP contribution in [-0.4, -0.2) is 5.79 Å². The lowest BCUT2D eigenvalue weighted by molar-refractivity contribution is 0.339. The van der Waals surface area contributed by atoms with Crippen LogP contribution in [0.2, 0.25) is 0 Å². The first-order valence-electron chi connectivity index (χ1n) is 18.9. The van der Waals surface area contributed by atoms with Crippen molar-refractivity contribution in [3.8, 4) is 0 Å². The quantitative estimate of drug-likeness (QED) is 0.179. The van der Waals surface area contributed by atoms with E-state index in [2.05, 4.69) is 198 Å². The molecule has 1 spiro atoms. The summed E-state index contributed by atoms with van der Waals surface area (Å²) in [6, 6.07) is 46.7. The number of nitrogens with zero attached hydrogens (tertiary/aromatic N) is 3. The monoisotopic (exact) mass is 681 g/mol. The van der Waals surface area contributed by atoms with Crippen molar-refractivity contribution in [2.45, 2.75) is 86.4 Å². The Morgan fingerprint density at radius 2 is 0.769 bits per heavy atom. The fraction of sp³-hybridized carbons (Fsp3) is 0.265. The summed E-state index contributed by atoms with van der Waals surface area (Å²) in [6.45, 7) is 20.2. The average Bonchev–Trinajstić information content (AvgIpc) is 3.38. The van der Waals surface area contributed by atoms with Crippen molar-refractivity contribution in [1.29, 1.82) is 0 Å². The first-order chi connectivity index (χ1) is 25.0. The molecule has 6 aromatic rings. The minimum Gasteiger partial charge on any atom is -0.300 e. The highest BCUT2D eigenvalue weighted by Gasteiger charge is 2.60. The first-order valence-corrected chi connectivity index (χ1v) is 18.9. The highest BCUT2D eigenvalue weighted by Crippen LogP contribution is 2.63. The van der Waals surface area contributed by atoms with Gasteiger partial charge in [-0.15, -0.1) is 0 Å². The first kappa shape index (κ1) is 33.8. The topological polar surface area (TPSA) is 9.72 Å². The molecule has 262 valence electrons. The molecule has 6 aromatic carbocycles. The second-order valence-corrected chi connectivity index (χ2v) is 15.7. The number of hydrogen-bond donors (Lipinski definition) is 0. The molecule has 52 heavy (non-hydrogen) atoms. The molecule has 0 saturated carbocycles. The summed E-state index contributed by atoms with van der Waals surface area (Å²) in [5.74, 6) is -0.192. The van der Waals surface area contributed by atoms with Crippen molar-refractivity contribution in [2.24, 2.45) is 0 Å². The third kappa shape index (κ3) is 5.41. The lowest BCUT2D eigenvalue weighted by Crippen LogP contribution is -2.66. The van der Waals surface area contributed by atoms with Crippen LogP contribution in [0.15, 0.2) is 121 Å². The van der Waals surface area contributed by atoms with Gasteiger partial charge in [-0.1, -0.05) is 95.9 Å². The highest BCUT2D eigenvalue weighted by atomic mass is 15.6. The Bertz CT molecular complexity index is 2190. The van der Waals surface area contributed by atoms with E-state index in [1.165, 1.54) is 89.8 Å². The molecule has 0 aromatic heterocycles. The van der Waals surface area contributed by atoms with Crippen LogP contribution in [0.1, 0.15) is 80.8 Å². The molecule has 8 rings (SSSR count). The molecule has 2 atom stereocenters. The zero-order valence-corrected chi connectivity index (χ0v) is 32.3. The summed E-state index contributed by atoms with van der Waals surface area (Å²) in [5.41, 5.74) is 20.4. The van der Waals surface area contributed by atoms with E-state index in [-0.39, 0.29) is 11.8 Å².